The van der Waals surface area contributed by atoms with E-state index in [1.54, 1.807) is 0 Å². The van der Waals surface area contributed by atoms with Crippen LogP contribution in [0, 0.1) is 3.57 Å². The molecular weight excluding hydrogens is 429 g/mol. The van der Waals surface area contributed by atoms with Crippen molar-refractivity contribution in [2.24, 2.45) is 0 Å². The molecule has 3 rings (SSSR count). The molecule has 0 aliphatic carbocycles. The summed E-state index contributed by atoms with van der Waals surface area (Å²) in [7, 11) is 0. The largest absolute Gasteiger partial charge is 0.350 e. The van der Waals surface area contributed by atoms with Crippen molar-refractivity contribution in [2.45, 2.75) is 25.8 Å². The first-order valence-corrected chi connectivity index (χ1v) is 9.12. The highest BCUT2D eigenvalue weighted by atomic mass is 127. The molecule has 0 saturated heterocycles. The van der Waals surface area contributed by atoms with Gasteiger partial charge in [0.15, 0.2) is 0 Å². The van der Waals surface area contributed by atoms with Crippen LogP contribution < -0.4 is 5.32 Å². The third kappa shape index (κ3) is 4.88. The molecule has 0 radical (unpaired) electrons. The number of aromatic nitrogens is 2. The van der Waals surface area contributed by atoms with Crippen molar-refractivity contribution in [3.8, 4) is 11.4 Å². The molecule has 25 heavy (non-hydrogen) atoms. The Hall–Kier alpha value is -2.22. The predicted octanol–water partition coefficient (Wildman–Crippen LogP) is 4.15. The van der Waals surface area contributed by atoms with Crippen LogP contribution in [0.15, 0.2) is 59.1 Å². The zero-order valence-electron chi connectivity index (χ0n) is 13.8. The molecule has 1 aromatic heterocycles. The zero-order chi connectivity index (χ0) is 17.6. The molecule has 3 aromatic rings. The fraction of sp³-hybridized carbons (Fsp3) is 0.211. The van der Waals surface area contributed by atoms with Crippen molar-refractivity contribution in [3.05, 3.63) is 69.6 Å². The van der Waals surface area contributed by atoms with Gasteiger partial charge in [0.2, 0.25) is 17.6 Å². The van der Waals surface area contributed by atoms with E-state index in [1.807, 2.05) is 61.5 Å². The molecule has 1 atom stereocenters. The van der Waals surface area contributed by atoms with E-state index in [0.29, 0.717) is 24.6 Å². The highest BCUT2D eigenvalue weighted by Crippen LogP contribution is 2.18. The number of amides is 1. The van der Waals surface area contributed by atoms with Gasteiger partial charge >= 0.3 is 0 Å². The Labute approximate surface area is 160 Å². The summed E-state index contributed by atoms with van der Waals surface area (Å²) in [4.78, 5) is 16.5. The van der Waals surface area contributed by atoms with Gasteiger partial charge in [0.1, 0.15) is 0 Å². The standard InChI is InChI=1S/C19H18IN3O2/c1-13(14-5-3-2-4-6-14)21-17(24)11-12-18-22-19(23-25-18)15-7-9-16(20)10-8-15/h2-10,13H,11-12H2,1H3,(H,21,24). The summed E-state index contributed by atoms with van der Waals surface area (Å²) in [5.74, 6) is 0.978. The first-order chi connectivity index (χ1) is 12.1. The van der Waals surface area contributed by atoms with E-state index in [0.717, 1.165) is 14.7 Å². The Balaban J connectivity index is 1.53. The van der Waals surface area contributed by atoms with E-state index < -0.39 is 0 Å². The van der Waals surface area contributed by atoms with Crippen molar-refractivity contribution in [2.75, 3.05) is 0 Å². The van der Waals surface area contributed by atoms with Gasteiger partial charge in [-0.15, -0.1) is 0 Å². The number of nitrogens with zero attached hydrogens (tertiary/aromatic N) is 2. The van der Waals surface area contributed by atoms with Crippen molar-refractivity contribution in [1.82, 2.24) is 15.5 Å². The lowest BCUT2D eigenvalue weighted by Crippen LogP contribution is -2.26. The van der Waals surface area contributed by atoms with Gasteiger partial charge in [-0.3, -0.25) is 4.79 Å². The Kier molecular flexibility index (Phi) is 5.80. The molecule has 1 heterocycles. The van der Waals surface area contributed by atoms with Gasteiger partial charge in [-0.05, 0) is 47.2 Å². The second-order valence-electron chi connectivity index (χ2n) is 5.72. The van der Waals surface area contributed by atoms with Crippen LogP contribution in [0.25, 0.3) is 11.4 Å². The predicted molar refractivity (Wildman–Crippen MR) is 104 cm³/mol. The van der Waals surface area contributed by atoms with Gasteiger partial charge in [-0.25, -0.2) is 0 Å². The minimum Gasteiger partial charge on any atom is -0.350 e. The molecule has 1 amide bonds. The molecule has 0 aliphatic rings. The number of aryl methyl sites for hydroxylation is 1. The fourth-order valence-electron chi connectivity index (χ4n) is 2.43. The maximum atomic E-state index is 12.1. The van der Waals surface area contributed by atoms with Crippen molar-refractivity contribution < 1.29 is 9.32 Å². The van der Waals surface area contributed by atoms with Crippen molar-refractivity contribution in [1.29, 1.82) is 0 Å². The lowest BCUT2D eigenvalue weighted by molar-refractivity contribution is -0.121. The van der Waals surface area contributed by atoms with Crippen LogP contribution in [-0.2, 0) is 11.2 Å². The maximum absolute atomic E-state index is 12.1. The molecule has 2 aromatic carbocycles. The second-order valence-corrected chi connectivity index (χ2v) is 6.96. The van der Waals surface area contributed by atoms with Gasteiger partial charge in [0.25, 0.3) is 0 Å². The van der Waals surface area contributed by atoms with E-state index in [-0.39, 0.29) is 11.9 Å². The van der Waals surface area contributed by atoms with Gasteiger partial charge in [-0.1, -0.05) is 47.6 Å². The number of rotatable bonds is 6. The first-order valence-electron chi connectivity index (χ1n) is 8.04. The summed E-state index contributed by atoms with van der Waals surface area (Å²) in [6.07, 6.45) is 0.732. The third-order valence-corrected chi connectivity index (χ3v) is 4.53. The highest BCUT2D eigenvalue weighted by molar-refractivity contribution is 14.1. The van der Waals surface area contributed by atoms with Gasteiger partial charge in [0, 0.05) is 22.0 Å². The normalized spacial score (nSPS) is 11.9. The molecule has 0 fully saturated rings. The van der Waals surface area contributed by atoms with Crippen molar-refractivity contribution >= 4 is 28.5 Å². The minimum atomic E-state index is -0.0367. The Morgan fingerprint density at radius 2 is 1.88 bits per heavy atom. The van der Waals surface area contributed by atoms with Crippen LogP contribution in [0.3, 0.4) is 0 Å². The number of halogens is 1. The number of carbonyl (C=O) groups excluding carboxylic acids is 1. The number of hydrogen-bond donors (Lipinski definition) is 1. The average Bonchev–Trinajstić information content (AvgIpc) is 3.10. The van der Waals surface area contributed by atoms with E-state index >= 15 is 0 Å². The van der Waals surface area contributed by atoms with Crippen molar-refractivity contribution in [3.63, 3.8) is 0 Å². The van der Waals surface area contributed by atoms with E-state index in [2.05, 4.69) is 38.0 Å². The minimum absolute atomic E-state index is 0.0289. The Morgan fingerprint density at radius 3 is 2.60 bits per heavy atom. The summed E-state index contributed by atoms with van der Waals surface area (Å²) < 4.78 is 6.39. The molecule has 1 N–H and O–H groups in total. The van der Waals surface area contributed by atoms with Gasteiger partial charge in [-0.2, -0.15) is 4.98 Å². The topological polar surface area (TPSA) is 68.0 Å². The summed E-state index contributed by atoms with van der Waals surface area (Å²) in [5, 5.41) is 6.96. The van der Waals surface area contributed by atoms with Gasteiger partial charge < -0.3 is 9.84 Å². The van der Waals surface area contributed by atoms with E-state index in [4.69, 9.17) is 4.52 Å². The molecule has 5 nitrogen and oxygen atoms in total. The molecule has 1 unspecified atom stereocenters. The number of nitrogens with one attached hydrogen (secondary N) is 1. The molecule has 0 aliphatic heterocycles. The lowest BCUT2D eigenvalue weighted by atomic mass is 10.1. The monoisotopic (exact) mass is 447 g/mol. The van der Waals surface area contributed by atoms with Gasteiger partial charge in [0.05, 0.1) is 6.04 Å². The molecule has 128 valence electrons. The Bertz CT molecular complexity index is 831. The number of carbonyl (C=O) groups is 1. The zero-order valence-corrected chi connectivity index (χ0v) is 15.9. The highest BCUT2D eigenvalue weighted by Gasteiger charge is 2.13. The van der Waals surface area contributed by atoms with E-state index in [1.165, 1.54) is 0 Å². The smallest absolute Gasteiger partial charge is 0.227 e. The summed E-state index contributed by atoms with van der Waals surface area (Å²) >= 11 is 2.25. The van der Waals surface area contributed by atoms with Crippen LogP contribution in [0.5, 0.6) is 0 Å². The molecule has 0 spiro atoms. The third-order valence-electron chi connectivity index (χ3n) is 3.81. The van der Waals surface area contributed by atoms with Crippen LogP contribution in [0.2, 0.25) is 0 Å². The first kappa shape index (κ1) is 17.6. The quantitative estimate of drug-likeness (QED) is 0.577. The summed E-state index contributed by atoms with van der Waals surface area (Å²) in [5.41, 5.74) is 1.98. The molecular formula is C19H18IN3O2. The Morgan fingerprint density at radius 1 is 1.16 bits per heavy atom. The van der Waals surface area contributed by atoms with Crippen LogP contribution in [0.1, 0.15) is 30.8 Å². The van der Waals surface area contributed by atoms with Crippen LogP contribution in [-0.4, -0.2) is 16.0 Å². The maximum Gasteiger partial charge on any atom is 0.227 e. The average molecular weight is 447 g/mol. The number of hydrogen-bond acceptors (Lipinski definition) is 4. The summed E-state index contributed by atoms with van der Waals surface area (Å²) in [6, 6.07) is 17.7. The van der Waals surface area contributed by atoms with E-state index in [9.17, 15) is 4.79 Å². The lowest BCUT2D eigenvalue weighted by Gasteiger charge is -2.13. The molecule has 0 saturated carbocycles. The molecule has 6 heteroatoms. The second kappa shape index (κ2) is 8.24. The van der Waals surface area contributed by atoms with Crippen LogP contribution >= 0.6 is 22.6 Å². The summed E-state index contributed by atoms with van der Waals surface area (Å²) in [6.45, 7) is 1.97. The molecule has 0 bridgehead atoms. The van der Waals surface area contributed by atoms with Crippen LogP contribution in [0.4, 0.5) is 0 Å². The fourth-order valence-corrected chi connectivity index (χ4v) is 2.79. The number of benzene rings is 2. The SMILES string of the molecule is CC(NC(=O)CCc1nc(-c2ccc(I)cc2)no1)c1ccccc1.